The summed E-state index contributed by atoms with van der Waals surface area (Å²) in [6, 6.07) is 12.9. The van der Waals surface area contributed by atoms with Gasteiger partial charge in [-0.15, -0.1) is 13.2 Å². The molecule has 0 saturated heterocycles. The van der Waals surface area contributed by atoms with E-state index in [2.05, 4.69) is 18.5 Å². The van der Waals surface area contributed by atoms with Gasteiger partial charge in [-0.1, -0.05) is 48.6 Å². The molecule has 0 spiro atoms. The number of amides is 2. The third-order valence-electron chi connectivity index (χ3n) is 4.44. The van der Waals surface area contributed by atoms with Gasteiger partial charge in [0.05, 0.1) is 12.6 Å². The van der Waals surface area contributed by atoms with Crippen molar-refractivity contribution < 1.29 is 23.8 Å². The summed E-state index contributed by atoms with van der Waals surface area (Å²) in [6.45, 7) is 6.93. The number of ether oxygens (including phenoxy) is 1. The first-order valence-corrected chi connectivity index (χ1v) is 9.86. The molecule has 0 aliphatic carbocycles. The van der Waals surface area contributed by atoms with E-state index in [1.807, 2.05) is 30.3 Å². The molecular formula is C24H27FN2O4. The number of nitrogens with zero attached hydrogens (tertiary/aromatic N) is 1. The summed E-state index contributed by atoms with van der Waals surface area (Å²) in [5.74, 6) is -1.88. The van der Waals surface area contributed by atoms with Crippen LogP contribution in [0.5, 0.6) is 5.75 Å². The molecule has 2 aromatic rings. The molecule has 6 nitrogen and oxygen atoms in total. The minimum absolute atomic E-state index is 0.0399. The third kappa shape index (κ3) is 7.08. The van der Waals surface area contributed by atoms with Gasteiger partial charge in [0, 0.05) is 13.1 Å². The van der Waals surface area contributed by atoms with E-state index < -0.39 is 30.3 Å². The van der Waals surface area contributed by atoms with Gasteiger partial charge >= 0.3 is 0 Å². The van der Waals surface area contributed by atoms with Crippen LogP contribution in [0.25, 0.3) is 0 Å². The van der Waals surface area contributed by atoms with Crippen molar-refractivity contribution in [2.45, 2.75) is 12.5 Å². The topological polar surface area (TPSA) is 78.9 Å². The SMILES string of the molecule is C=CCN(CC=C)C(=O)c1c(F)cccc1OCC(=O)N[C@H](CO)Cc1ccccc1. The van der Waals surface area contributed by atoms with E-state index in [1.165, 1.54) is 29.2 Å². The summed E-state index contributed by atoms with van der Waals surface area (Å²) in [5.41, 5.74) is 0.701. The standard InChI is InChI=1S/C24H27FN2O4/c1-3-13-27(14-4-2)24(30)23-20(25)11-8-12-21(23)31-17-22(29)26-19(16-28)15-18-9-6-5-7-10-18/h3-12,19,28H,1-2,13-17H2,(H,26,29)/t19-/m0/s1. The number of hydrogen-bond acceptors (Lipinski definition) is 4. The van der Waals surface area contributed by atoms with Crippen LogP contribution in [0.3, 0.4) is 0 Å². The predicted octanol–water partition coefficient (Wildman–Crippen LogP) is 2.74. The molecule has 0 aromatic heterocycles. The molecule has 1 atom stereocenters. The largest absolute Gasteiger partial charge is 0.483 e. The highest BCUT2D eigenvalue weighted by Crippen LogP contribution is 2.23. The molecule has 7 heteroatoms. The fourth-order valence-electron chi connectivity index (χ4n) is 3.01. The van der Waals surface area contributed by atoms with Crippen LogP contribution in [-0.2, 0) is 11.2 Å². The first-order valence-electron chi connectivity index (χ1n) is 9.86. The summed E-state index contributed by atoms with van der Waals surface area (Å²) in [5, 5.41) is 12.2. The number of carbonyl (C=O) groups excluding carboxylic acids is 2. The molecule has 0 aliphatic heterocycles. The Labute approximate surface area is 181 Å². The first-order chi connectivity index (χ1) is 15.0. The second-order valence-electron chi connectivity index (χ2n) is 6.83. The molecule has 0 bridgehead atoms. The van der Waals surface area contributed by atoms with Crippen molar-refractivity contribution in [1.82, 2.24) is 10.2 Å². The normalized spacial score (nSPS) is 11.3. The molecule has 0 heterocycles. The predicted molar refractivity (Wildman–Crippen MR) is 117 cm³/mol. The second-order valence-corrected chi connectivity index (χ2v) is 6.83. The summed E-state index contributed by atoms with van der Waals surface area (Å²) in [6.07, 6.45) is 3.50. The molecule has 31 heavy (non-hydrogen) atoms. The van der Waals surface area contributed by atoms with Gasteiger partial charge in [0.15, 0.2) is 6.61 Å². The Morgan fingerprint density at radius 3 is 2.39 bits per heavy atom. The number of aliphatic hydroxyl groups excluding tert-OH is 1. The Morgan fingerprint density at radius 2 is 1.77 bits per heavy atom. The second kappa shape index (κ2) is 12.3. The minimum atomic E-state index is -0.752. The monoisotopic (exact) mass is 426 g/mol. The van der Waals surface area contributed by atoms with Crippen LogP contribution < -0.4 is 10.1 Å². The van der Waals surface area contributed by atoms with Crippen molar-refractivity contribution >= 4 is 11.8 Å². The van der Waals surface area contributed by atoms with Crippen molar-refractivity contribution in [1.29, 1.82) is 0 Å². The molecule has 164 valence electrons. The van der Waals surface area contributed by atoms with Crippen LogP contribution in [0.15, 0.2) is 73.8 Å². The molecule has 2 N–H and O–H groups in total. The van der Waals surface area contributed by atoms with Gasteiger partial charge in [0.2, 0.25) is 0 Å². The van der Waals surface area contributed by atoms with E-state index in [-0.39, 0.29) is 31.0 Å². The smallest absolute Gasteiger partial charge is 0.261 e. The maximum Gasteiger partial charge on any atom is 0.261 e. The highest BCUT2D eigenvalue weighted by molar-refractivity contribution is 5.97. The lowest BCUT2D eigenvalue weighted by Crippen LogP contribution is -2.41. The van der Waals surface area contributed by atoms with Gasteiger partial charge < -0.3 is 20.1 Å². The Morgan fingerprint density at radius 1 is 1.10 bits per heavy atom. The Hall–Kier alpha value is -3.45. The van der Waals surface area contributed by atoms with Crippen LogP contribution in [-0.4, -0.2) is 54.2 Å². The number of carbonyl (C=O) groups is 2. The molecule has 0 radical (unpaired) electrons. The quantitative estimate of drug-likeness (QED) is 0.512. The number of nitrogens with one attached hydrogen (secondary N) is 1. The lowest BCUT2D eigenvalue weighted by atomic mass is 10.1. The Kier molecular flexibility index (Phi) is 9.45. The lowest BCUT2D eigenvalue weighted by molar-refractivity contribution is -0.124. The fourth-order valence-corrected chi connectivity index (χ4v) is 3.01. The summed E-state index contributed by atoms with van der Waals surface area (Å²) in [4.78, 5) is 26.5. The third-order valence-corrected chi connectivity index (χ3v) is 4.44. The molecular weight excluding hydrogens is 399 g/mol. The van der Waals surface area contributed by atoms with E-state index in [0.717, 1.165) is 11.6 Å². The van der Waals surface area contributed by atoms with Crippen LogP contribution in [0.2, 0.25) is 0 Å². The van der Waals surface area contributed by atoms with Crippen molar-refractivity contribution in [2.75, 3.05) is 26.3 Å². The van der Waals surface area contributed by atoms with Crippen LogP contribution >= 0.6 is 0 Å². The van der Waals surface area contributed by atoms with Gasteiger partial charge in [-0.2, -0.15) is 0 Å². The average molecular weight is 426 g/mol. The zero-order valence-electron chi connectivity index (χ0n) is 17.3. The maximum absolute atomic E-state index is 14.5. The number of hydrogen-bond donors (Lipinski definition) is 2. The van der Waals surface area contributed by atoms with Gasteiger partial charge in [0.25, 0.3) is 11.8 Å². The van der Waals surface area contributed by atoms with E-state index >= 15 is 0 Å². The summed E-state index contributed by atoms with van der Waals surface area (Å²) in [7, 11) is 0. The van der Waals surface area contributed by atoms with Crippen molar-refractivity contribution in [2.24, 2.45) is 0 Å². The Balaban J connectivity index is 2.06. The number of rotatable bonds is 12. The molecule has 0 fully saturated rings. The number of benzene rings is 2. The van der Waals surface area contributed by atoms with Gasteiger partial charge in [-0.05, 0) is 24.1 Å². The fraction of sp³-hybridized carbons (Fsp3) is 0.250. The van der Waals surface area contributed by atoms with Crippen LogP contribution in [0.1, 0.15) is 15.9 Å². The minimum Gasteiger partial charge on any atom is -0.483 e. The summed E-state index contributed by atoms with van der Waals surface area (Å²) >= 11 is 0. The maximum atomic E-state index is 14.5. The average Bonchev–Trinajstić information content (AvgIpc) is 2.77. The molecule has 2 rings (SSSR count). The van der Waals surface area contributed by atoms with Gasteiger partial charge in [-0.3, -0.25) is 9.59 Å². The lowest BCUT2D eigenvalue weighted by Gasteiger charge is -2.21. The molecule has 0 saturated carbocycles. The highest BCUT2D eigenvalue weighted by Gasteiger charge is 2.23. The number of halogens is 1. The van der Waals surface area contributed by atoms with E-state index in [0.29, 0.717) is 6.42 Å². The summed E-state index contributed by atoms with van der Waals surface area (Å²) < 4.78 is 19.9. The van der Waals surface area contributed by atoms with Crippen molar-refractivity contribution in [3.05, 3.63) is 90.8 Å². The van der Waals surface area contributed by atoms with Crippen molar-refractivity contribution in [3.63, 3.8) is 0 Å². The molecule has 0 aliphatic rings. The van der Waals surface area contributed by atoms with Gasteiger partial charge in [-0.25, -0.2) is 4.39 Å². The molecule has 0 unspecified atom stereocenters. The molecule has 2 amide bonds. The van der Waals surface area contributed by atoms with Crippen LogP contribution in [0.4, 0.5) is 4.39 Å². The zero-order chi connectivity index (χ0) is 22.6. The Bertz CT molecular complexity index is 892. The van der Waals surface area contributed by atoms with Crippen molar-refractivity contribution in [3.8, 4) is 5.75 Å². The zero-order valence-corrected chi connectivity index (χ0v) is 17.3. The highest BCUT2D eigenvalue weighted by atomic mass is 19.1. The van der Waals surface area contributed by atoms with E-state index in [9.17, 15) is 19.1 Å². The van der Waals surface area contributed by atoms with E-state index in [1.54, 1.807) is 0 Å². The van der Waals surface area contributed by atoms with Crippen LogP contribution in [0, 0.1) is 5.82 Å². The van der Waals surface area contributed by atoms with Gasteiger partial charge in [0.1, 0.15) is 17.1 Å². The van der Waals surface area contributed by atoms with E-state index in [4.69, 9.17) is 4.74 Å². The number of aliphatic hydroxyl groups is 1. The molecule has 2 aromatic carbocycles. The first kappa shape index (κ1) is 23.8.